The van der Waals surface area contributed by atoms with Crippen molar-refractivity contribution in [2.24, 2.45) is 0 Å². The van der Waals surface area contributed by atoms with Gasteiger partial charge in [-0.25, -0.2) is 0 Å². The molecule has 8 nitrogen and oxygen atoms in total. The second kappa shape index (κ2) is 7.51. The van der Waals surface area contributed by atoms with Crippen molar-refractivity contribution in [2.45, 2.75) is 13.8 Å². The van der Waals surface area contributed by atoms with Crippen molar-refractivity contribution in [3.8, 4) is 22.1 Å². The number of rotatable bonds is 5. The lowest BCUT2D eigenvalue weighted by molar-refractivity contribution is 0.102. The van der Waals surface area contributed by atoms with Crippen molar-refractivity contribution in [1.29, 1.82) is 0 Å². The summed E-state index contributed by atoms with van der Waals surface area (Å²) in [7, 11) is 3.04. The van der Waals surface area contributed by atoms with Gasteiger partial charge in [-0.3, -0.25) is 4.79 Å². The van der Waals surface area contributed by atoms with Gasteiger partial charge in [0, 0.05) is 11.3 Å². The van der Waals surface area contributed by atoms with E-state index in [1.54, 1.807) is 22.7 Å². The minimum Gasteiger partial charge on any atom is -0.496 e. The van der Waals surface area contributed by atoms with Crippen LogP contribution < -0.4 is 14.8 Å². The van der Waals surface area contributed by atoms with Gasteiger partial charge in [-0.05, 0) is 49.7 Å². The molecular formula is C20H19N5O3S. The van der Waals surface area contributed by atoms with E-state index in [1.807, 2.05) is 32.0 Å². The summed E-state index contributed by atoms with van der Waals surface area (Å²) in [6, 6.07) is 11.0. The molecule has 0 unspecified atom stereocenters. The van der Waals surface area contributed by atoms with Gasteiger partial charge in [0.1, 0.15) is 22.1 Å². The number of aromatic nitrogens is 4. The Morgan fingerprint density at radius 1 is 1.07 bits per heavy atom. The number of nitrogens with one attached hydrogen (secondary N) is 1. The topological polar surface area (TPSA) is 90.6 Å². The van der Waals surface area contributed by atoms with Gasteiger partial charge in [0.05, 0.1) is 14.2 Å². The number of nitrogens with zero attached hydrogens (tertiary/aromatic N) is 4. The number of carbonyl (C=O) groups excluding carboxylic acids is 1. The minimum atomic E-state index is -0.301. The average Bonchev–Trinajstić information content (AvgIpc) is 3.30. The number of hydrogen-bond donors (Lipinski definition) is 1. The second-order valence-electron chi connectivity index (χ2n) is 6.37. The van der Waals surface area contributed by atoms with Crippen LogP contribution in [0.15, 0.2) is 36.4 Å². The molecule has 1 amide bonds. The standard InChI is InChI=1S/C20H19N5O3S/c1-11-10-13(19-24-25-12(2)22-23-20(25)29-19)8-9-14(11)21-18(26)17-15(27-3)6-5-7-16(17)28-4/h5-10H,1-4H3,(H,21,26). The molecule has 2 heterocycles. The van der Waals surface area contributed by atoms with Gasteiger partial charge in [0.25, 0.3) is 5.91 Å². The van der Waals surface area contributed by atoms with Crippen molar-refractivity contribution >= 4 is 27.9 Å². The molecule has 4 aromatic rings. The largest absolute Gasteiger partial charge is 0.496 e. The zero-order valence-corrected chi connectivity index (χ0v) is 17.2. The maximum atomic E-state index is 12.9. The fourth-order valence-corrected chi connectivity index (χ4v) is 3.91. The molecule has 0 radical (unpaired) electrons. The lowest BCUT2D eigenvalue weighted by Crippen LogP contribution is -2.15. The fourth-order valence-electron chi connectivity index (χ4n) is 3.03. The number of anilines is 1. The molecule has 0 spiro atoms. The predicted molar refractivity (Wildman–Crippen MR) is 111 cm³/mol. The van der Waals surface area contributed by atoms with E-state index in [1.165, 1.54) is 25.6 Å². The second-order valence-corrected chi connectivity index (χ2v) is 7.33. The molecular weight excluding hydrogens is 390 g/mol. The fraction of sp³-hybridized carbons (Fsp3) is 0.200. The van der Waals surface area contributed by atoms with Crippen LogP contribution in [0, 0.1) is 13.8 Å². The Morgan fingerprint density at radius 2 is 1.79 bits per heavy atom. The van der Waals surface area contributed by atoms with Crippen LogP contribution in [0.1, 0.15) is 21.7 Å². The molecule has 2 aromatic heterocycles. The van der Waals surface area contributed by atoms with Crippen LogP contribution in [0.5, 0.6) is 11.5 Å². The maximum absolute atomic E-state index is 12.9. The lowest BCUT2D eigenvalue weighted by atomic mass is 10.1. The molecule has 148 valence electrons. The van der Waals surface area contributed by atoms with Crippen LogP contribution in [-0.4, -0.2) is 39.9 Å². The highest BCUT2D eigenvalue weighted by molar-refractivity contribution is 7.19. The lowest BCUT2D eigenvalue weighted by Gasteiger charge is -2.14. The van der Waals surface area contributed by atoms with Gasteiger partial charge < -0.3 is 14.8 Å². The SMILES string of the molecule is COc1cccc(OC)c1C(=O)Nc1ccc(-c2nn3c(C)nnc3s2)cc1C. The van der Waals surface area contributed by atoms with Crippen LogP contribution in [0.2, 0.25) is 0 Å². The number of amides is 1. The first-order valence-electron chi connectivity index (χ1n) is 8.84. The summed E-state index contributed by atoms with van der Waals surface area (Å²) in [4.78, 5) is 13.6. The summed E-state index contributed by atoms with van der Waals surface area (Å²) in [5.41, 5.74) is 2.91. The first kappa shape index (κ1) is 18.9. The molecule has 29 heavy (non-hydrogen) atoms. The van der Waals surface area contributed by atoms with Crippen LogP contribution in [-0.2, 0) is 0 Å². The average molecular weight is 409 g/mol. The van der Waals surface area contributed by atoms with Gasteiger partial charge in [-0.1, -0.05) is 17.4 Å². The Labute approximate surface area is 171 Å². The van der Waals surface area contributed by atoms with Crippen molar-refractivity contribution in [3.63, 3.8) is 0 Å². The highest BCUT2D eigenvalue weighted by atomic mass is 32.1. The molecule has 0 saturated heterocycles. The van der Waals surface area contributed by atoms with E-state index in [9.17, 15) is 4.79 Å². The van der Waals surface area contributed by atoms with E-state index in [2.05, 4.69) is 20.6 Å². The smallest absolute Gasteiger partial charge is 0.263 e. The van der Waals surface area contributed by atoms with Crippen molar-refractivity contribution in [3.05, 3.63) is 53.3 Å². The van der Waals surface area contributed by atoms with E-state index < -0.39 is 0 Å². The Hall–Kier alpha value is -3.46. The first-order chi connectivity index (χ1) is 14.0. The molecule has 2 aromatic carbocycles. The zero-order valence-electron chi connectivity index (χ0n) is 16.4. The van der Waals surface area contributed by atoms with Gasteiger partial charge in [-0.2, -0.15) is 9.61 Å². The minimum absolute atomic E-state index is 0.301. The molecule has 0 aliphatic rings. The zero-order chi connectivity index (χ0) is 20.5. The van der Waals surface area contributed by atoms with E-state index in [-0.39, 0.29) is 5.91 Å². The number of ether oxygens (including phenoxy) is 2. The van der Waals surface area contributed by atoms with Crippen LogP contribution in [0.25, 0.3) is 15.5 Å². The summed E-state index contributed by atoms with van der Waals surface area (Å²) in [5.74, 6) is 1.34. The number of aryl methyl sites for hydroxylation is 2. The number of carbonyl (C=O) groups is 1. The quantitative estimate of drug-likeness (QED) is 0.540. The normalized spacial score (nSPS) is 10.9. The molecule has 0 aliphatic carbocycles. The van der Waals surface area contributed by atoms with E-state index in [0.717, 1.165) is 26.9 Å². The van der Waals surface area contributed by atoms with Gasteiger partial charge in [-0.15, -0.1) is 10.2 Å². The third kappa shape index (κ3) is 3.40. The third-order valence-corrected chi connectivity index (χ3v) is 5.47. The molecule has 0 bridgehead atoms. The number of fused-ring (bicyclic) bond motifs is 1. The maximum Gasteiger partial charge on any atom is 0.263 e. The highest BCUT2D eigenvalue weighted by Crippen LogP contribution is 2.31. The Morgan fingerprint density at radius 3 is 2.41 bits per heavy atom. The summed E-state index contributed by atoms with van der Waals surface area (Å²) in [5, 5.41) is 16.4. The van der Waals surface area contributed by atoms with E-state index in [4.69, 9.17) is 9.47 Å². The first-order valence-corrected chi connectivity index (χ1v) is 9.65. The van der Waals surface area contributed by atoms with Gasteiger partial charge in [0.2, 0.25) is 4.96 Å². The van der Waals surface area contributed by atoms with Crippen LogP contribution in [0.3, 0.4) is 0 Å². The Balaban J connectivity index is 1.63. The highest BCUT2D eigenvalue weighted by Gasteiger charge is 2.19. The van der Waals surface area contributed by atoms with Gasteiger partial charge in [0.15, 0.2) is 5.82 Å². The Bertz CT molecular complexity index is 1190. The molecule has 1 N–H and O–H groups in total. The van der Waals surface area contributed by atoms with Crippen LogP contribution >= 0.6 is 11.3 Å². The third-order valence-electron chi connectivity index (χ3n) is 4.52. The number of benzene rings is 2. The summed E-state index contributed by atoms with van der Waals surface area (Å²) in [6.45, 7) is 3.80. The molecule has 0 aliphatic heterocycles. The molecule has 0 atom stereocenters. The monoisotopic (exact) mass is 409 g/mol. The Kier molecular flexibility index (Phi) is 4.89. The van der Waals surface area contributed by atoms with Crippen LogP contribution in [0.4, 0.5) is 5.69 Å². The summed E-state index contributed by atoms with van der Waals surface area (Å²) >= 11 is 1.46. The molecule has 0 saturated carbocycles. The molecule has 0 fully saturated rings. The predicted octanol–water partition coefficient (Wildman–Crippen LogP) is 3.74. The van der Waals surface area contributed by atoms with Gasteiger partial charge >= 0.3 is 0 Å². The summed E-state index contributed by atoms with van der Waals surface area (Å²) < 4.78 is 12.4. The summed E-state index contributed by atoms with van der Waals surface area (Å²) in [6.07, 6.45) is 0. The molecule has 9 heteroatoms. The molecule has 4 rings (SSSR count). The van der Waals surface area contributed by atoms with Crippen molar-refractivity contribution in [2.75, 3.05) is 19.5 Å². The van der Waals surface area contributed by atoms with E-state index >= 15 is 0 Å². The van der Waals surface area contributed by atoms with Crippen molar-refractivity contribution < 1.29 is 14.3 Å². The van der Waals surface area contributed by atoms with E-state index in [0.29, 0.717) is 22.7 Å². The number of hydrogen-bond acceptors (Lipinski definition) is 7. The van der Waals surface area contributed by atoms with Crippen molar-refractivity contribution in [1.82, 2.24) is 19.8 Å². The number of methoxy groups -OCH3 is 2.